The van der Waals surface area contributed by atoms with Gasteiger partial charge in [0.1, 0.15) is 0 Å². The Morgan fingerprint density at radius 3 is 2.58 bits per heavy atom. The predicted octanol–water partition coefficient (Wildman–Crippen LogP) is 2.32. The minimum atomic E-state index is -1.70. The summed E-state index contributed by atoms with van der Waals surface area (Å²) in [6.07, 6.45) is 2.71. The lowest BCUT2D eigenvalue weighted by atomic mass is 10.1. The number of hydrogen-bond donors (Lipinski definition) is 0. The largest absolute Gasteiger partial charge is 0.266 e. The number of rotatable bonds is 3. The molecule has 0 saturated carbocycles. The van der Waals surface area contributed by atoms with Crippen molar-refractivity contribution in [1.82, 2.24) is 0 Å². The molecule has 3 heteroatoms. The van der Waals surface area contributed by atoms with Crippen molar-refractivity contribution in [2.75, 3.05) is 0 Å². The Morgan fingerprint density at radius 1 is 1.33 bits per heavy atom. The molecule has 12 heavy (non-hydrogen) atoms. The second-order valence-electron chi connectivity index (χ2n) is 2.49. The maximum atomic E-state index is 5.91. The lowest BCUT2D eigenvalue weighted by molar-refractivity contribution is 1.30. The molecule has 0 spiro atoms. The van der Waals surface area contributed by atoms with Crippen LogP contribution in [0.5, 0.6) is 0 Å². The summed E-state index contributed by atoms with van der Waals surface area (Å²) in [5, 5.41) is 1.11. The van der Waals surface area contributed by atoms with E-state index in [1.807, 2.05) is 30.3 Å². The van der Waals surface area contributed by atoms with Crippen LogP contribution in [0.15, 0.2) is 36.9 Å². The third kappa shape index (κ3) is 2.37. The molecule has 0 fully saturated rings. The van der Waals surface area contributed by atoms with Gasteiger partial charge in [-0.15, -0.1) is 28.7 Å². The maximum Gasteiger partial charge on any atom is 0.266 e. The van der Waals surface area contributed by atoms with Gasteiger partial charge in [0.25, 0.3) is 7.42 Å². The van der Waals surface area contributed by atoms with Gasteiger partial charge in [-0.1, -0.05) is 30.3 Å². The molecule has 0 aliphatic carbocycles. The molecule has 1 aromatic carbocycles. The molecule has 1 aromatic rings. The van der Waals surface area contributed by atoms with Gasteiger partial charge in [0.2, 0.25) is 0 Å². The molecule has 0 heterocycles. The fourth-order valence-corrected chi connectivity index (χ4v) is 3.12. The second kappa shape index (κ2) is 4.70. The minimum Gasteiger partial charge on any atom is -0.144 e. The topological polar surface area (TPSA) is 0 Å². The summed E-state index contributed by atoms with van der Waals surface area (Å²) < 4.78 is 0. The standard InChI is InChI=1S/C9H10Cl2Si/c1-2-5-8-6-3-4-7-9(8)12(10)11/h2-4,6-7,12H,1,5H2. The fraction of sp³-hybridized carbons (Fsp3) is 0.111. The molecule has 0 bridgehead atoms. The zero-order chi connectivity index (χ0) is 8.97. The number of allylic oxidation sites excluding steroid dienone is 1. The van der Waals surface area contributed by atoms with Gasteiger partial charge in [-0.25, -0.2) is 0 Å². The lowest BCUT2D eigenvalue weighted by Gasteiger charge is -2.05. The lowest BCUT2D eigenvalue weighted by Crippen LogP contribution is -2.22. The molecular formula is C9H10Cl2Si. The van der Waals surface area contributed by atoms with E-state index in [1.54, 1.807) is 0 Å². The first-order valence-corrected chi connectivity index (χ1v) is 7.79. The number of benzene rings is 1. The van der Waals surface area contributed by atoms with Crippen LogP contribution in [0.3, 0.4) is 0 Å². The Hall–Kier alpha value is -0.243. The van der Waals surface area contributed by atoms with Crippen molar-refractivity contribution >= 4 is 34.8 Å². The van der Waals surface area contributed by atoms with Gasteiger partial charge in [-0.05, 0) is 17.2 Å². The van der Waals surface area contributed by atoms with Crippen molar-refractivity contribution in [2.45, 2.75) is 6.42 Å². The van der Waals surface area contributed by atoms with Gasteiger partial charge in [0, 0.05) is 0 Å². The van der Waals surface area contributed by atoms with Gasteiger partial charge in [-0.2, -0.15) is 0 Å². The molecule has 0 nitrogen and oxygen atoms in total. The van der Waals surface area contributed by atoms with E-state index < -0.39 is 7.42 Å². The van der Waals surface area contributed by atoms with Crippen molar-refractivity contribution in [2.24, 2.45) is 0 Å². The van der Waals surface area contributed by atoms with Crippen molar-refractivity contribution in [3.8, 4) is 0 Å². The Labute approximate surface area is 83.8 Å². The summed E-state index contributed by atoms with van der Waals surface area (Å²) in [7, 11) is -1.70. The normalized spacial score (nSPS) is 10.2. The van der Waals surface area contributed by atoms with E-state index >= 15 is 0 Å². The van der Waals surface area contributed by atoms with Crippen molar-refractivity contribution in [3.05, 3.63) is 42.5 Å². The Morgan fingerprint density at radius 2 is 2.00 bits per heavy atom. The third-order valence-corrected chi connectivity index (χ3v) is 4.10. The molecule has 0 aliphatic heterocycles. The molecule has 0 amide bonds. The highest BCUT2D eigenvalue weighted by molar-refractivity contribution is 7.39. The van der Waals surface area contributed by atoms with Crippen LogP contribution in [0.2, 0.25) is 0 Å². The summed E-state index contributed by atoms with van der Waals surface area (Å²) in [6.45, 7) is 3.69. The molecule has 0 aliphatic rings. The highest BCUT2D eigenvalue weighted by Gasteiger charge is 2.09. The summed E-state index contributed by atoms with van der Waals surface area (Å²) >= 11 is 11.8. The molecule has 1 rings (SSSR count). The molecule has 0 N–H and O–H groups in total. The van der Waals surface area contributed by atoms with Gasteiger partial charge in [0.15, 0.2) is 0 Å². The van der Waals surface area contributed by atoms with Gasteiger partial charge in [0.05, 0.1) is 0 Å². The van der Waals surface area contributed by atoms with E-state index in [-0.39, 0.29) is 0 Å². The van der Waals surface area contributed by atoms with Crippen molar-refractivity contribution < 1.29 is 0 Å². The van der Waals surface area contributed by atoms with E-state index in [0.29, 0.717) is 0 Å². The maximum absolute atomic E-state index is 5.91. The quantitative estimate of drug-likeness (QED) is 0.414. The summed E-state index contributed by atoms with van der Waals surface area (Å²) in [5.41, 5.74) is 1.20. The highest BCUT2D eigenvalue weighted by Crippen LogP contribution is 2.04. The molecule has 0 radical (unpaired) electrons. The number of hydrogen-bond acceptors (Lipinski definition) is 0. The first-order valence-electron chi connectivity index (χ1n) is 3.72. The average molecular weight is 217 g/mol. The molecular weight excluding hydrogens is 207 g/mol. The summed E-state index contributed by atoms with van der Waals surface area (Å²) in [5.74, 6) is 0. The van der Waals surface area contributed by atoms with Crippen LogP contribution in [-0.2, 0) is 6.42 Å². The fourth-order valence-electron chi connectivity index (χ4n) is 1.09. The van der Waals surface area contributed by atoms with Gasteiger partial charge >= 0.3 is 0 Å². The van der Waals surface area contributed by atoms with Crippen LogP contribution in [-0.4, -0.2) is 7.42 Å². The Bertz CT molecular complexity index is 271. The SMILES string of the molecule is C=CCc1ccccc1[SiH](Cl)Cl. The molecule has 0 unspecified atom stereocenters. The Balaban J connectivity index is 2.99. The minimum absolute atomic E-state index is 0.846. The predicted molar refractivity (Wildman–Crippen MR) is 58.8 cm³/mol. The van der Waals surface area contributed by atoms with E-state index in [9.17, 15) is 0 Å². The van der Waals surface area contributed by atoms with Crippen molar-refractivity contribution in [3.63, 3.8) is 0 Å². The molecule has 0 saturated heterocycles. The first-order chi connectivity index (χ1) is 5.75. The second-order valence-corrected chi connectivity index (χ2v) is 7.00. The van der Waals surface area contributed by atoms with Crippen LogP contribution in [0.1, 0.15) is 5.56 Å². The smallest absolute Gasteiger partial charge is 0.144 e. The Kier molecular flexibility index (Phi) is 3.86. The van der Waals surface area contributed by atoms with E-state index in [0.717, 1.165) is 11.6 Å². The van der Waals surface area contributed by atoms with Crippen LogP contribution < -0.4 is 5.19 Å². The van der Waals surface area contributed by atoms with Crippen LogP contribution >= 0.6 is 22.2 Å². The van der Waals surface area contributed by atoms with Crippen molar-refractivity contribution in [1.29, 1.82) is 0 Å². The van der Waals surface area contributed by atoms with Crippen LogP contribution in [0.25, 0.3) is 0 Å². The zero-order valence-electron chi connectivity index (χ0n) is 6.63. The average Bonchev–Trinajstić information content (AvgIpc) is 2.05. The van der Waals surface area contributed by atoms with E-state index in [2.05, 4.69) is 6.58 Å². The monoisotopic (exact) mass is 216 g/mol. The van der Waals surface area contributed by atoms with Gasteiger partial charge < -0.3 is 0 Å². The third-order valence-electron chi connectivity index (χ3n) is 1.65. The highest BCUT2D eigenvalue weighted by atomic mass is 35.7. The molecule has 64 valence electrons. The molecule has 0 aromatic heterocycles. The van der Waals surface area contributed by atoms with Crippen LogP contribution in [0, 0.1) is 0 Å². The summed E-state index contributed by atoms with van der Waals surface area (Å²) in [4.78, 5) is 0. The van der Waals surface area contributed by atoms with Gasteiger partial charge in [-0.3, -0.25) is 0 Å². The van der Waals surface area contributed by atoms with E-state index in [1.165, 1.54) is 5.56 Å². The summed E-state index contributed by atoms with van der Waals surface area (Å²) in [6, 6.07) is 8.00. The van der Waals surface area contributed by atoms with E-state index in [4.69, 9.17) is 22.2 Å². The molecule has 0 atom stereocenters. The first kappa shape index (κ1) is 9.84. The number of halogens is 2. The van der Waals surface area contributed by atoms with Crippen LogP contribution in [0.4, 0.5) is 0 Å². The zero-order valence-corrected chi connectivity index (χ0v) is 9.30.